The zero-order valence-corrected chi connectivity index (χ0v) is 12.1. The summed E-state index contributed by atoms with van der Waals surface area (Å²) in [6, 6.07) is 10.9. The summed E-state index contributed by atoms with van der Waals surface area (Å²) in [5, 5.41) is 0. The average molecular weight is 305 g/mol. The Morgan fingerprint density at radius 2 is 2.17 bits per heavy atom. The van der Waals surface area contributed by atoms with Crippen LogP contribution in [0.4, 0.5) is 0 Å². The molecule has 0 fully saturated rings. The lowest BCUT2D eigenvalue weighted by Gasteiger charge is -2.21. The van der Waals surface area contributed by atoms with Gasteiger partial charge in [0.05, 0.1) is 0 Å². The molecule has 3 heteroatoms. The first-order valence-electron chi connectivity index (χ1n) is 6.39. The van der Waals surface area contributed by atoms with Gasteiger partial charge < -0.3 is 10.3 Å². The van der Waals surface area contributed by atoms with E-state index in [1.54, 1.807) is 0 Å². The standard InChI is InChI=1S/C15H17BrN2/c1-10-8-13-14(17)6-3-7-15(13)18(10)12-5-2-4-11(16)9-12/h2,4-5,8-9,14H,3,6-7,17H2,1H3. The van der Waals surface area contributed by atoms with Crippen LogP contribution >= 0.6 is 15.9 Å². The van der Waals surface area contributed by atoms with Gasteiger partial charge in [-0.1, -0.05) is 22.0 Å². The quantitative estimate of drug-likeness (QED) is 0.851. The second-order valence-electron chi connectivity index (χ2n) is 5.00. The normalized spacial score (nSPS) is 18.7. The third kappa shape index (κ3) is 1.91. The molecule has 3 rings (SSSR count). The van der Waals surface area contributed by atoms with Crippen LogP contribution in [0, 0.1) is 6.92 Å². The lowest BCUT2D eigenvalue weighted by atomic mass is 9.93. The molecular formula is C15H17BrN2. The van der Waals surface area contributed by atoms with Crippen LogP contribution in [-0.4, -0.2) is 4.57 Å². The van der Waals surface area contributed by atoms with E-state index in [4.69, 9.17) is 5.73 Å². The molecule has 2 aromatic rings. The van der Waals surface area contributed by atoms with Gasteiger partial charge >= 0.3 is 0 Å². The Kier molecular flexibility index (Phi) is 3.04. The van der Waals surface area contributed by atoms with Crippen molar-refractivity contribution in [3.8, 4) is 5.69 Å². The number of hydrogen-bond donors (Lipinski definition) is 1. The zero-order chi connectivity index (χ0) is 12.7. The van der Waals surface area contributed by atoms with Crippen LogP contribution in [0.5, 0.6) is 0 Å². The minimum atomic E-state index is 0.209. The fraction of sp³-hybridized carbons (Fsp3) is 0.333. The number of rotatable bonds is 1. The van der Waals surface area contributed by atoms with Gasteiger partial charge in [-0.25, -0.2) is 0 Å². The average Bonchev–Trinajstić information content (AvgIpc) is 2.67. The number of halogens is 1. The first-order valence-corrected chi connectivity index (χ1v) is 7.19. The fourth-order valence-electron chi connectivity index (χ4n) is 2.91. The van der Waals surface area contributed by atoms with Crippen LogP contribution in [0.3, 0.4) is 0 Å². The minimum Gasteiger partial charge on any atom is -0.324 e. The van der Waals surface area contributed by atoms with Gasteiger partial charge in [-0.15, -0.1) is 0 Å². The van der Waals surface area contributed by atoms with E-state index >= 15 is 0 Å². The first kappa shape index (κ1) is 12.0. The lowest BCUT2D eigenvalue weighted by molar-refractivity contribution is 0.560. The van der Waals surface area contributed by atoms with E-state index in [0.717, 1.165) is 17.3 Å². The van der Waals surface area contributed by atoms with Crippen LogP contribution in [-0.2, 0) is 6.42 Å². The van der Waals surface area contributed by atoms with Crippen molar-refractivity contribution in [2.24, 2.45) is 5.73 Å². The van der Waals surface area contributed by atoms with Gasteiger partial charge in [-0.05, 0) is 56.0 Å². The maximum atomic E-state index is 6.21. The number of nitrogens with zero attached hydrogens (tertiary/aromatic N) is 1. The Labute approximate surface area is 116 Å². The number of fused-ring (bicyclic) bond motifs is 1. The van der Waals surface area contributed by atoms with Crippen LogP contribution < -0.4 is 5.73 Å². The predicted molar refractivity (Wildman–Crippen MR) is 78.1 cm³/mol. The van der Waals surface area contributed by atoms with E-state index in [0.29, 0.717) is 0 Å². The van der Waals surface area contributed by atoms with Gasteiger partial charge in [0, 0.05) is 27.6 Å². The summed E-state index contributed by atoms with van der Waals surface area (Å²) < 4.78 is 3.46. The second kappa shape index (κ2) is 4.56. The van der Waals surface area contributed by atoms with Crippen molar-refractivity contribution in [3.63, 3.8) is 0 Å². The topological polar surface area (TPSA) is 30.9 Å². The van der Waals surface area contributed by atoms with Gasteiger partial charge in [0.2, 0.25) is 0 Å². The second-order valence-corrected chi connectivity index (χ2v) is 5.92. The van der Waals surface area contributed by atoms with Gasteiger partial charge in [0.15, 0.2) is 0 Å². The summed E-state index contributed by atoms with van der Waals surface area (Å²) in [6.45, 7) is 2.16. The molecule has 2 nitrogen and oxygen atoms in total. The van der Waals surface area contributed by atoms with Gasteiger partial charge in [-0.2, -0.15) is 0 Å². The molecule has 0 amide bonds. The number of hydrogen-bond acceptors (Lipinski definition) is 1. The Morgan fingerprint density at radius 3 is 2.94 bits per heavy atom. The zero-order valence-electron chi connectivity index (χ0n) is 10.5. The van der Waals surface area contributed by atoms with Crippen molar-refractivity contribution in [3.05, 3.63) is 51.8 Å². The first-order chi connectivity index (χ1) is 8.66. The summed E-state index contributed by atoms with van der Waals surface area (Å²) in [7, 11) is 0. The van der Waals surface area contributed by atoms with Crippen LogP contribution in [0.1, 0.15) is 35.8 Å². The highest BCUT2D eigenvalue weighted by Crippen LogP contribution is 2.33. The smallest absolute Gasteiger partial charge is 0.0466 e. The molecular weight excluding hydrogens is 288 g/mol. The monoisotopic (exact) mass is 304 g/mol. The maximum absolute atomic E-state index is 6.21. The molecule has 1 heterocycles. The molecule has 0 radical (unpaired) electrons. The predicted octanol–water partition coefficient (Wildman–Crippen LogP) is 3.88. The molecule has 0 aliphatic heterocycles. The summed E-state index contributed by atoms with van der Waals surface area (Å²) >= 11 is 3.54. The third-order valence-electron chi connectivity index (χ3n) is 3.71. The van der Waals surface area contributed by atoms with Gasteiger partial charge in [-0.3, -0.25) is 0 Å². The molecule has 18 heavy (non-hydrogen) atoms. The molecule has 0 saturated carbocycles. The molecule has 1 aromatic heterocycles. The minimum absolute atomic E-state index is 0.209. The van der Waals surface area contributed by atoms with Gasteiger partial charge in [0.1, 0.15) is 0 Å². The fourth-order valence-corrected chi connectivity index (χ4v) is 3.30. The number of aromatic nitrogens is 1. The summed E-state index contributed by atoms with van der Waals surface area (Å²) in [5.74, 6) is 0. The Bertz CT molecular complexity index is 586. The van der Waals surface area contributed by atoms with Crippen molar-refractivity contribution >= 4 is 15.9 Å². The molecule has 0 bridgehead atoms. The summed E-state index contributed by atoms with van der Waals surface area (Å²) in [4.78, 5) is 0. The summed E-state index contributed by atoms with van der Waals surface area (Å²) in [6.07, 6.45) is 3.42. The van der Waals surface area contributed by atoms with E-state index < -0.39 is 0 Å². The SMILES string of the molecule is Cc1cc2c(n1-c1cccc(Br)c1)CCCC2N. The van der Waals surface area contributed by atoms with E-state index in [1.165, 1.54) is 29.1 Å². The van der Waals surface area contributed by atoms with Crippen molar-refractivity contribution in [2.75, 3.05) is 0 Å². The van der Waals surface area contributed by atoms with Crippen molar-refractivity contribution in [1.29, 1.82) is 0 Å². The van der Waals surface area contributed by atoms with Crippen molar-refractivity contribution in [2.45, 2.75) is 32.2 Å². The molecule has 1 aliphatic rings. The largest absolute Gasteiger partial charge is 0.324 e. The highest BCUT2D eigenvalue weighted by molar-refractivity contribution is 9.10. The Balaban J connectivity index is 2.18. The van der Waals surface area contributed by atoms with E-state index in [1.807, 2.05) is 0 Å². The van der Waals surface area contributed by atoms with Crippen LogP contribution in [0.25, 0.3) is 5.69 Å². The lowest BCUT2D eigenvalue weighted by Crippen LogP contribution is -2.17. The number of benzene rings is 1. The molecule has 1 aromatic carbocycles. The molecule has 0 spiro atoms. The number of nitrogens with two attached hydrogens (primary N) is 1. The molecule has 94 valence electrons. The Morgan fingerprint density at radius 1 is 1.33 bits per heavy atom. The summed E-state index contributed by atoms with van der Waals surface area (Å²) in [5.41, 5.74) is 11.4. The molecule has 1 atom stereocenters. The van der Waals surface area contributed by atoms with Crippen molar-refractivity contribution in [1.82, 2.24) is 4.57 Å². The molecule has 1 unspecified atom stereocenters. The van der Waals surface area contributed by atoms with Crippen LogP contribution in [0.2, 0.25) is 0 Å². The van der Waals surface area contributed by atoms with E-state index in [-0.39, 0.29) is 6.04 Å². The van der Waals surface area contributed by atoms with E-state index in [2.05, 4.69) is 57.8 Å². The van der Waals surface area contributed by atoms with Crippen LogP contribution in [0.15, 0.2) is 34.8 Å². The Hall–Kier alpha value is -1.06. The highest BCUT2D eigenvalue weighted by Gasteiger charge is 2.22. The van der Waals surface area contributed by atoms with Gasteiger partial charge in [0.25, 0.3) is 0 Å². The maximum Gasteiger partial charge on any atom is 0.0466 e. The number of aryl methyl sites for hydroxylation is 1. The van der Waals surface area contributed by atoms with E-state index in [9.17, 15) is 0 Å². The van der Waals surface area contributed by atoms with Crippen molar-refractivity contribution < 1.29 is 0 Å². The molecule has 1 aliphatic carbocycles. The highest BCUT2D eigenvalue weighted by atomic mass is 79.9. The molecule has 2 N–H and O–H groups in total. The third-order valence-corrected chi connectivity index (χ3v) is 4.21. The molecule has 0 saturated heterocycles.